The van der Waals surface area contributed by atoms with Gasteiger partial charge in [0.2, 0.25) is 5.51 Å². The molecule has 0 saturated heterocycles. The maximum atomic E-state index is 12.5. The van der Waals surface area contributed by atoms with E-state index in [2.05, 4.69) is 34.6 Å². The van der Waals surface area contributed by atoms with E-state index in [1.165, 1.54) is 75.5 Å². The van der Waals surface area contributed by atoms with Crippen molar-refractivity contribution >= 4 is 34.5 Å². The quantitative estimate of drug-likeness (QED) is 0.106. The summed E-state index contributed by atoms with van der Waals surface area (Å²) in [5.41, 5.74) is 5.25. The molecule has 0 unspecified atom stereocenters. The van der Waals surface area contributed by atoms with Crippen LogP contribution in [0.1, 0.15) is 95.2 Å². The number of carbonyl (C=O) groups is 1. The molecular weight excluding hydrogens is 540 g/mol. The van der Waals surface area contributed by atoms with Crippen molar-refractivity contribution in [1.29, 1.82) is 0 Å². The predicted molar refractivity (Wildman–Crippen MR) is 167 cm³/mol. The second-order valence-corrected chi connectivity index (χ2v) is 11.6. The van der Waals surface area contributed by atoms with E-state index in [0.717, 1.165) is 25.1 Å². The van der Waals surface area contributed by atoms with Crippen molar-refractivity contribution in [3.05, 3.63) is 69.6 Å². The fourth-order valence-corrected chi connectivity index (χ4v) is 5.61. The zero-order chi connectivity index (χ0) is 28.4. The molecule has 1 amide bonds. The number of hydrogen-bond acceptors (Lipinski definition) is 4. The van der Waals surface area contributed by atoms with E-state index in [1.54, 1.807) is 29.5 Å². The number of ether oxygens (including phenoxy) is 2. The van der Waals surface area contributed by atoms with E-state index in [1.807, 2.05) is 24.3 Å². The van der Waals surface area contributed by atoms with Crippen LogP contribution in [0.2, 0.25) is 5.02 Å². The Bertz CT molecular complexity index is 1130. The van der Waals surface area contributed by atoms with Crippen LogP contribution in [-0.4, -0.2) is 19.1 Å². The molecule has 1 aromatic heterocycles. The Hall–Kier alpha value is -2.57. The zero-order valence-corrected chi connectivity index (χ0v) is 25.8. The molecule has 0 radical (unpaired) electrons. The lowest BCUT2D eigenvalue weighted by Crippen LogP contribution is -2.34. The van der Waals surface area contributed by atoms with E-state index < -0.39 is 0 Å². The minimum absolute atomic E-state index is 0.124. The molecule has 0 aliphatic rings. The first-order valence-corrected chi connectivity index (χ1v) is 16.2. The number of aryl methyl sites for hydroxylation is 1. The maximum absolute atomic E-state index is 12.5. The molecule has 3 aromatic rings. The Morgan fingerprint density at radius 2 is 1.52 bits per heavy atom. The molecule has 0 bridgehead atoms. The van der Waals surface area contributed by atoms with Crippen LogP contribution in [0.3, 0.4) is 0 Å². The van der Waals surface area contributed by atoms with Crippen molar-refractivity contribution in [2.24, 2.45) is 0 Å². The van der Waals surface area contributed by atoms with Gasteiger partial charge in [0.15, 0.2) is 30.3 Å². The molecule has 0 aliphatic heterocycles. The van der Waals surface area contributed by atoms with Gasteiger partial charge in [0.05, 0.1) is 17.0 Å². The number of aromatic nitrogens is 1. The first kappa shape index (κ1) is 32.0. The van der Waals surface area contributed by atoms with Crippen LogP contribution in [0, 0.1) is 6.92 Å². The molecule has 0 spiro atoms. The number of thiazole rings is 1. The van der Waals surface area contributed by atoms with Crippen molar-refractivity contribution in [1.82, 2.24) is 0 Å². The Kier molecular flexibility index (Phi) is 15.0. The number of benzene rings is 2. The number of unbranched alkanes of at least 4 members (excludes halogenated alkanes) is 11. The first-order valence-electron chi connectivity index (χ1n) is 14.9. The van der Waals surface area contributed by atoms with Crippen molar-refractivity contribution < 1.29 is 18.8 Å². The lowest BCUT2D eigenvalue weighted by atomic mass is 10.1. The number of amides is 1. The summed E-state index contributed by atoms with van der Waals surface area (Å²) in [5, 5.41) is 5.52. The van der Waals surface area contributed by atoms with E-state index in [0.29, 0.717) is 23.1 Å². The van der Waals surface area contributed by atoms with Crippen LogP contribution in [0.25, 0.3) is 0 Å². The summed E-state index contributed by atoms with van der Waals surface area (Å²) in [7, 11) is 0. The van der Waals surface area contributed by atoms with E-state index in [-0.39, 0.29) is 12.5 Å². The molecule has 0 aliphatic carbocycles. The summed E-state index contributed by atoms with van der Waals surface area (Å²) >= 11 is 8.08. The second-order valence-electron chi connectivity index (χ2n) is 10.5. The molecule has 1 heterocycles. The fraction of sp³-hybridized carbons (Fsp3) is 0.515. The average molecular weight is 586 g/mol. The molecule has 2 aromatic carbocycles. The van der Waals surface area contributed by atoms with Crippen LogP contribution >= 0.6 is 22.9 Å². The van der Waals surface area contributed by atoms with Crippen LogP contribution in [0.15, 0.2) is 53.4 Å². The Balaban J connectivity index is 1.32. The van der Waals surface area contributed by atoms with Gasteiger partial charge >= 0.3 is 0 Å². The van der Waals surface area contributed by atoms with Crippen molar-refractivity contribution in [3.63, 3.8) is 0 Å². The summed E-state index contributed by atoms with van der Waals surface area (Å²) in [6.45, 7) is 5.63. The molecule has 0 atom stereocenters. The fourth-order valence-electron chi connectivity index (χ4n) is 4.61. The van der Waals surface area contributed by atoms with Gasteiger partial charge < -0.3 is 14.8 Å². The number of hydrogen-bond donors (Lipinski definition) is 1. The molecule has 5 nitrogen and oxygen atoms in total. The summed E-state index contributed by atoms with van der Waals surface area (Å²) in [4.78, 5) is 12.5. The Morgan fingerprint density at radius 3 is 2.15 bits per heavy atom. The van der Waals surface area contributed by atoms with Gasteiger partial charge in [-0.05, 0) is 30.7 Å². The SMILES string of the molecule is CCCCCCCCCCCCCCOc1c(Cl)cccc1OCC(=O)Nc1ccc(C[n+]2cscc2C)cc1. The number of halogens is 1. The summed E-state index contributed by atoms with van der Waals surface area (Å²) < 4.78 is 14.0. The van der Waals surface area contributed by atoms with Gasteiger partial charge in [0.25, 0.3) is 5.91 Å². The Morgan fingerprint density at radius 1 is 0.875 bits per heavy atom. The molecule has 0 saturated carbocycles. The molecule has 40 heavy (non-hydrogen) atoms. The molecule has 7 heteroatoms. The lowest BCUT2D eigenvalue weighted by molar-refractivity contribution is -0.689. The van der Waals surface area contributed by atoms with Crippen molar-refractivity contribution in [2.75, 3.05) is 18.5 Å². The number of para-hydroxylation sites is 1. The summed E-state index contributed by atoms with van der Waals surface area (Å²) in [6, 6.07) is 13.3. The third-order valence-electron chi connectivity index (χ3n) is 7.00. The van der Waals surface area contributed by atoms with E-state index >= 15 is 0 Å². The van der Waals surface area contributed by atoms with Gasteiger partial charge in [0, 0.05) is 18.2 Å². The minimum atomic E-state index is -0.234. The maximum Gasteiger partial charge on any atom is 0.262 e. The second kappa shape index (κ2) is 18.7. The highest BCUT2D eigenvalue weighted by Crippen LogP contribution is 2.35. The van der Waals surface area contributed by atoms with Gasteiger partial charge in [-0.2, -0.15) is 4.57 Å². The number of anilines is 1. The third kappa shape index (κ3) is 11.9. The summed E-state index contributed by atoms with van der Waals surface area (Å²) in [6.07, 6.45) is 15.6. The number of carbonyl (C=O) groups excluding carboxylic acids is 1. The van der Waals surface area contributed by atoms with E-state index in [9.17, 15) is 4.79 Å². The first-order chi connectivity index (χ1) is 19.6. The minimum Gasteiger partial charge on any atom is -0.488 e. The number of nitrogens with one attached hydrogen (secondary N) is 1. The number of rotatable bonds is 20. The van der Waals surface area contributed by atoms with Gasteiger partial charge in [-0.15, -0.1) is 0 Å². The van der Waals surface area contributed by atoms with Crippen molar-refractivity contribution in [3.8, 4) is 11.5 Å². The van der Waals surface area contributed by atoms with Crippen LogP contribution in [0.5, 0.6) is 11.5 Å². The highest BCUT2D eigenvalue weighted by Gasteiger charge is 2.13. The molecule has 0 fully saturated rings. The van der Waals surface area contributed by atoms with Crippen LogP contribution in [-0.2, 0) is 11.3 Å². The normalized spacial score (nSPS) is 11.0. The average Bonchev–Trinajstić information content (AvgIpc) is 3.36. The summed E-state index contributed by atoms with van der Waals surface area (Å²) in [5.74, 6) is 0.758. The molecular formula is C33H46ClN2O3S+. The standard InChI is InChI=1S/C33H45ClN2O3S/c1-3-4-5-6-7-8-9-10-11-12-13-14-22-38-33-30(34)16-15-17-31(33)39-24-32(37)35-29-20-18-28(19-21-29)23-36-26-40-25-27(36)2/h15-21,25-26H,3-14,22-24H2,1-2H3/p+1. The van der Waals surface area contributed by atoms with Gasteiger partial charge in [-0.3, -0.25) is 4.79 Å². The predicted octanol–water partition coefficient (Wildman–Crippen LogP) is 9.14. The lowest BCUT2D eigenvalue weighted by Gasteiger charge is -2.14. The molecule has 1 N–H and O–H groups in total. The van der Waals surface area contributed by atoms with E-state index in [4.69, 9.17) is 21.1 Å². The van der Waals surface area contributed by atoms with Gasteiger partial charge in [-0.1, -0.05) is 119 Å². The largest absolute Gasteiger partial charge is 0.488 e. The monoisotopic (exact) mass is 585 g/mol. The zero-order valence-electron chi connectivity index (χ0n) is 24.3. The van der Waals surface area contributed by atoms with Crippen LogP contribution in [0.4, 0.5) is 5.69 Å². The van der Waals surface area contributed by atoms with Gasteiger partial charge in [0.1, 0.15) is 0 Å². The molecule has 3 rings (SSSR count). The van der Waals surface area contributed by atoms with Crippen LogP contribution < -0.4 is 19.4 Å². The third-order valence-corrected chi connectivity index (χ3v) is 8.16. The Labute approximate surface area is 249 Å². The highest BCUT2D eigenvalue weighted by atomic mass is 35.5. The van der Waals surface area contributed by atoms with Gasteiger partial charge in [-0.25, -0.2) is 0 Å². The highest BCUT2D eigenvalue weighted by molar-refractivity contribution is 7.07. The number of nitrogens with zero attached hydrogens (tertiary/aromatic N) is 1. The van der Waals surface area contributed by atoms with Crippen molar-refractivity contribution in [2.45, 2.75) is 97.4 Å². The topological polar surface area (TPSA) is 51.4 Å². The molecule has 218 valence electrons. The smallest absolute Gasteiger partial charge is 0.262 e.